The van der Waals surface area contributed by atoms with Gasteiger partial charge in [0.15, 0.2) is 11.2 Å². The molecule has 0 saturated carbocycles. The number of anilines is 1. The van der Waals surface area contributed by atoms with Crippen LogP contribution < -0.4 is 10.7 Å². The Morgan fingerprint density at radius 3 is 2.62 bits per heavy atom. The summed E-state index contributed by atoms with van der Waals surface area (Å²) in [5.74, 6) is -1.47. The first-order valence-electron chi connectivity index (χ1n) is 9.48. The molecule has 0 spiro atoms. The minimum absolute atomic E-state index is 0.109. The van der Waals surface area contributed by atoms with Crippen LogP contribution >= 0.6 is 11.6 Å². The van der Waals surface area contributed by atoms with Crippen LogP contribution in [0.15, 0.2) is 47.4 Å². The number of nitrogens with one attached hydrogen (secondary N) is 2. The zero-order chi connectivity index (χ0) is 22.6. The standard InChI is InChI=1S/C23H12ClN5O3/c1-10-11(9-25)3-2-4-13(10)19-17(27-20-16(30)5-6-26-22(20)28-19)12-7-14-18(15(24)8-12)29-23(32)21(14)31/h2-8H,1H3,(H,26,28,30)(H,29,31,32). The van der Waals surface area contributed by atoms with Gasteiger partial charge < -0.3 is 10.3 Å². The van der Waals surface area contributed by atoms with Gasteiger partial charge in [0, 0.05) is 23.4 Å². The van der Waals surface area contributed by atoms with Crippen molar-refractivity contribution >= 4 is 40.1 Å². The van der Waals surface area contributed by atoms with E-state index in [1.165, 1.54) is 18.3 Å². The van der Waals surface area contributed by atoms with Crippen LogP contribution in [0.3, 0.4) is 0 Å². The number of carbonyl (C=O) groups is 2. The van der Waals surface area contributed by atoms with Crippen LogP contribution in [-0.2, 0) is 4.79 Å². The Bertz CT molecular complexity index is 1600. The Hall–Kier alpha value is -4.35. The van der Waals surface area contributed by atoms with E-state index < -0.39 is 11.7 Å². The van der Waals surface area contributed by atoms with Crippen LogP contribution in [-0.4, -0.2) is 26.6 Å². The number of aromatic nitrogens is 3. The zero-order valence-corrected chi connectivity index (χ0v) is 17.2. The lowest BCUT2D eigenvalue weighted by atomic mass is 9.96. The summed E-state index contributed by atoms with van der Waals surface area (Å²) in [6.07, 6.45) is 1.48. The Labute approximate surface area is 185 Å². The second-order valence-corrected chi connectivity index (χ2v) is 7.62. The fourth-order valence-electron chi connectivity index (χ4n) is 3.73. The molecule has 5 rings (SSSR count). The Kier molecular flexibility index (Phi) is 4.36. The summed E-state index contributed by atoms with van der Waals surface area (Å²) in [7, 11) is 0. The van der Waals surface area contributed by atoms with E-state index in [1.807, 2.05) is 0 Å². The van der Waals surface area contributed by atoms with Crippen LogP contribution in [0.1, 0.15) is 21.5 Å². The van der Waals surface area contributed by atoms with Gasteiger partial charge in [-0.1, -0.05) is 23.7 Å². The van der Waals surface area contributed by atoms with Gasteiger partial charge in [0.25, 0.3) is 11.7 Å². The summed E-state index contributed by atoms with van der Waals surface area (Å²) < 4.78 is 0. The molecule has 32 heavy (non-hydrogen) atoms. The number of carbonyl (C=O) groups excluding carboxylic acids is 2. The number of H-pyrrole nitrogens is 1. The van der Waals surface area contributed by atoms with E-state index in [0.717, 1.165) is 0 Å². The SMILES string of the molecule is Cc1c(C#N)cccc1-c1nc2[nH]ccc(=O)c2nc1-c1cc(Cl)c2c(c1)C(=O)C(=O)N2. The van der Waals surface area contributed by atoms with Crippen molar-refractivity contribution in [3.63, 3.8) is 0 Å². The highest BCUT2D eigenvalue weighted by Crippen LogP contribution is 2.39. The number of halogens is 1. The number of rotatable bonds is 2. The van der Waals surface area contributed by atoms with Gasteiger partial charge in [-0.15, -0.1) is 0 Å². The summed E-state index contributed by atoms with van der Waals surface area (Å²) in [5, 5.41) is 12.1. The van der Waals surface area contributed by atoms with E-state index in [-0.39, 0.29) is 32.9 Å². The van der Waals surface area contributed by atoms with Gasteiger partial charge in [-0.25, -0.2) is 9.97 Å². The first-order valence-corrected chi connectivity index (χ1v) is 9.86. The molecular weight excluding hydrogens is 430 g/mol. The van der Waals surface area contributed by atoms with E-state index >= 15 is 0 Å². The van der Waals surface area contributed by atoms with Crippen molar-refractivity contribution in [3.05, 3.63) is 74.5 Å². The van der Waals surface area contributed by atoms with E-state index in [4.69, 9.17) is 11.6 Å². The summed E-state index contributed by atoms with van der Waals surface area (Å²) in [5.41, 5.74) is 3.30. The molecule has 0 atom stereocenters. The Balaban J connectivity index is 1.87. The molecule has 0 saturated heterocycles. The maximum absolute atomic E-state index is 12.4. The minimum Gasteiger partial charge on any atom is -0.345 e. The van der Waals surface area contributed by atoms with Gasteiger partial charge >= 0.3 is 0 Å². The van der Waals surface area contributed by atoms with Crippen molar-refractivity contribution < 1.29 is 9.59 Å². The number of aromatic amines is 1. The Morgan fingerprint density at radius 1 is 1.03 bits per heavy atom. The normalized spacial score (nSPS) is 12.5. The first-order chi connectivity index (χ1) is 15.4. The summed E-state index contributed by atoms with van der Waals surface area (Å²) in [4.78, 5) is 48.7. The van der Waals surface area contributed by atoms with Gasteiger partial charge in [0.2, 0.25) is 5.43 Å². The maximum atomic E-state index is 12.4. The molecule has 0 fully saturated rings. The molecule has 2 aromatic heterocycles. The van der Waals surface area contributed by atoms with Crippen LogP contribution in [0.4, 0.5) is 5.69 Å². The molecule has 4 aromatic rings. The predicted octanol–water partition coefficient (Wildman–Crippen LogP) is 3.62. The molecule has 3 heterocycles. The second-order valence-electron chi connectivity index (χ2n) is 7.21. The van der Waals surface area contributed by atoms with Crippen molar-refractivity contribution in [1.82, 2.24) is 15.0 Å². The molecule has 2 N–H and O–H groups in total. The monoisotopic (exact) mass is 441 g/mol. The van der Waals surface area contributed by atoms with Gasteiger partial charge in [0.05, 0.1) is 39.3 Å². The third kappa shape index (κ3) is 2.87. The number of hydrogen-bond donors (Lipinski definition) is 2. The first kappa shape index (κ1) is 19.6. The number of Topliss-reactive ketones (excluding diaryl/α,β-unsaturated/α-hetero) is 1. The predicted molar refractivity (Wildman–Crippen MR) is 118 cm³/mol. The van der Waals surface area contributed by atoms with Crippen LogP contribution in [0.25, 0.3) is 33.7 Å². The van der Waals surface area contributed by atoms with E-state index in [1.54, 1.807) is 31.2 Å². The average molecular weight is 442 g/mol. The van der Waals surface area contributed by atoms with E-state index in [9.17, 15) is 19.6 Å². The quantitative estimate of drug-likeness (QED) is 0.457. The number of amides is 1. The number of nitrogens with zero attached hydrogens (tertiary/aromatic N) is 3. The lowest BCUT2D eigenvalue weighted by Crippen LogP contribution is -2.12. The number of pyridine rings is 1. The number of hydrogen-bond acceptors (Lipinski definition) is 6. The van der Waals surface area contributed by atoms with Crippen molar-refractivity contribution in [2.24, 2.45) is 0 Å². The third-order valence-corrected chi connectivity index (χ3v) is 5.64. The van der Waals surface area contributed by atoms with Crippen LogP contribution in [0.2, 0.25) is 5.02 Å². The van der Waals surface area contributed by atoms with Gasteiger partial charge in [-0.05, 0) is 30.7 Å². The molecule has 0 aliphatic carbocycles. The molecule has 1 amide bonds. The van der Waals surface area contributed by atoms with Gasteiger partial charge in [-0.2, -0.15) is 5.26 Å². The highest BCUT2D eigenvalue weighted by atomic mass is 35.5. The van der Waals surface area contributed by atoms with Crippen LogP contribution in [0.5, 0.6) is 0 Å². The fraction of sp³-hybridized carbons (Fsp3) is 0.0435. The molecule has 0 radical (unpaired) electrons. The Morgan fingerprint density at radius 2 is 1.84 bits per heavy atom. The molecule has 154 valence electrons. The van der Waals surface area contributed by atoms with Crippen molar-refractivity contribution in [2.75, 3.05) is 5.32 Å². The summed E-state index contributed by atoms with van der Waals surface area (Å²) >= 11 is 6.36. The molecule has 9 heteroatoms. The molecule has 8 nitrogen and oxygen atoms in total. The van der Waals surface area contributed by atoms with Gasteiger partial charge in [0.1, 0.15) is 0 Å². The number of fused-ring (bicyclic) bond motifs is 2. The molecule has 0 unspecified atom stereocenters. The van der Waals surface area contributed by atoms with E-state index in [0.29, 0.717) is 33.6 Å². The molecule has 1 aliphatic heterocycles. The number of benzene rings is 2. The smallest absolute Gasteiger partial charge is 0.296 e. The molecular formula is C23H12ClN5O3. The molecule has 1 aliphatic rings. The fourth-order valence-corrected chi connectivity index (χ4v) is 3.99. The molecule has 2 aromatic carbocycles. The lowest BCUT2D eigenvalue weighted by molar-refractivity contribution is -0.112. The minimum atomic E-state index is -0.766. The maximum Gasteiger partial charge on any atom is 0.296 e. The highest BCUT2D eigenvalue weighted by molar-refractivity contribution is 6.53. The topological polar surface area (TPSA) is 129 Å². The van der Waals surface area contributed by atoms with Crippen molar-refractivity contribution in [1.29, 1.82) is 5.26 Å². The number of nitriles is 1. The second kappa shape index (κ2) is 7.11. The zero-order valence-electron chi connectivity index (χ0n) is 16.5. The number of ketones is 1. The molecule has 0 bridgehead atoms. The van der Waals surface area contributed by atoms with Crippen molar-refractivity contribution in [3.8, 4) is 28.6 Å². The third-order valence-electron chi connectivity index (χ3n) is 5.35. The largest absolute Gasteiger partial charge is 0.345 e. The van der Waals surface area contributed by atoms with E-state index in [2.05, 4.69) is 26.3 Å². The van der Waals surface area contributed by atoms with Crippen molar-refractivity contribution in [2.45, 2.75) is 6.92 Å². The summed E-state index contributed by atoms with van der Waals surface area (Å²) in [6.45, 7) is 1.79. The van der Waals surface area contributed by atoms with Crippen LogP contribution in [0, 0.1) is 18.3 Å². The lowest BCUT2D eigenvalue weighted by Gasteiger charge is -2.14. The average Bonchev–Trinajstić information content (AvgIpc) is 3.08. The summed E-state index contributed by atoms with van der Waals surface area (Å²) in [6, 6.07) is 11.8. The highest BCUT2D eigenvalue weighted by Gasteiger charge is 2.31. The van der Waals surface area contributed by atoms with Gasteiger partial charge in [-0.3, -0.25) is 14.4 Å².